The lowest BCUT2D eigenvalue weighted by Gasteiger charge is -2.23. The van der Waals surface area contributed by atoms with Crippen LogP contribution in [0.25, 0.3) is 11.1 Å². The molecule has 4 rings (SSSR count). The highest BCUT2D eigenvalue weighted by molar-refractivity contribution is 5.87. The molecule has 0 unspecified atom stereocenters. The van der Waals surface area contributed by atoms with E-state index >= 15 is 0 Å². The molecule has 0 aliphatic carbocycles. The summed E-state index contributed by atoms with van der Waals surface area (Å²) in [5.74, 6) is -0.943. The molecule has 1 aliphatic heterocycles. The lowest BCUT2D eigenvalue weighted by atomic mass is 9.99. The summed E-state index contributed by atoms with van der Waals surface area (Å²) < 4.78 is 38.5. The minimum atomic E-state index is -4.39. The van der Waals surface area contributed by atoms with E-state index in [1.165, 1.54) is 12.1 Å². The third kappa shape index (κ3) is 6.89. The summed E-state index contributed by atoms with van der Waals surface area (Å²) in [5.41, 5.74) is 2.70. The number of halogens is 3. The molecule has 0 spiro atoms. The molecule has 3 aromatic rings. The molecule has 0 aromatic heterocycles. The van der Waals surface area contributed by atoms with Gasteiger partial charge >= 0.3 is 12.1 Å². The van der Waals surface area contributed by atoms with Gasteiger partial charge < -0.3 is 15.1 Å². The normalized spacial score (nSPS) is 16.8. The van der Waals surface area contributed by atoms with Crippen LogP contribution in [0.5, 0.6) is 0 Å². The van der Waals surface area contributed by atoms with Gasteiger partial charge in [-0.25, -0.2) is 4.79 Å². The maximum absolute atomic E-state index is 12.8. The van der Waals surface area contributed by atoms with Crippen LogP contribution in [0.3, 0.4) is 0 Å². The van der Waals surface area contributed by atoms with Crippen LogP contribution in [-0.4, -0.2) is 45.7 Å². The fourth-order valence-corrected chi connectivity index (χ4v) is 4.61. The highest BCUT2D eigenvalue weighted by Gasteiger charge is 2.30. The molecule has 1 aliphatic rings. The Kier molecular flexibility index (Phi) is 8.32. The number of carboxylic acid groups (broad SMARTS) is 1. The van der Waals surface area contributed by atoms with Crippen LogP contribution in [0.2, 0.25) is 0 Å². The Balaban J connectivity index is 1.35. The Bertz CT molecular complexity index is 1300. The quantitative estimate of drug-likeness (QED) is 0.350. The summed E-state index contributed by atoms with van der Waals surface area (Å²) in [6.45, 7) is 0.492. The third-order valence-corrected chi connectivity index (χ3v) is 6.69. The van der Waals surface area contributed by atoms with Crippen molar-refractivity contribution in [3.8, 4) is 11.1 Å². The molecular formula is C30H28F3NO4. The molecule has 1 amide bonds. The minimum Gasteiger partial charge on any atom is -0.478 e. The molecule has 1 heterocycles. The summed E-state index contributed by atoms with van der Waals surface area (Å²) in [6.07, 6.45) is 0.354. The van der Waals surface area contributed by atoms with Crippen molar-refractivity contribution in [3.63, 3.8) is 0 Å². The topological polar surface area (TPSA) is 77.8 Å². The van der Waals surface area contributed by atoms with Gasteiger partial charge in [0.15, 0.2) is 0 Å². The van der Waals surface area contributed by atoms with Gasteiger partial charge in [0.25, 0.3) is 0 Å². The van der Waals surface area contributed by atoms with E-state index in [2.05, 4.69) is 0 Å². The largest absolute Gasteiger partial charge is 0.478 e. The number of alkyl halides is 3. The summed E-state index contributed by atoms with van der Waals surface area (Å²) >= 11 is 0. The molecule has 2 atom stereocenters. The summed E-state index contributed by atoms with van der Waals surface area (Å²) in [4.78, 5) is 25.2. The van der Waals surface area contributed by atoms with E-state index in [0.29, 0.717) is 37.8 Å². The van der Waals surface area contributed by atoms with Crippen molar-refractivity contribution in [2.75, 3.05) is 6.54 Å². The SMILES string of the molecule is O=C(O)c1ccc(CCN2C(=O)CC[C@@H]2/C=C/[C@@H](O)Cc2cccc(-c3ccc(C(F)(F)F)cc3)c2)cc1. The van der Waals surface area contributed by atoms with Gasteiger partial charge in [0, 0.05) is 19.4 Å². The molecule has 0 saturated carbocycles. The van der Waals surface area contributed by atoms with E-state index in [9.17, 15) is 27.9 Å². The van der Waals surface area contributed by atoms with Crippen LogP contribution < -0.4 is 0 Å². The number of benzene rings is 3. The summed E-state index contributed by atoms with van der Waals surface area (Å²) in [5, 5.41) is 19.6. The number of carbonyl (C=O) groups is 2. The van der Waals surface area contributed by atoms with Gasteiger partial charge in [0.1, 0.15) is 0 Å². The van der Waals surface area contributed by atoms with Gasteiger partial charge in [-0.3, -0.25) is 4.79 Å². The van der Waals surface area contributed by atoms with Gasteiger partial charge in [-0.2, -0.15) is 13.2 Å². The first-order chi connectivity index (χ1) is 18.1. The number of rotatable bonds is 9. The third-order valence-electron chi connectivity index (χ3n) is 6.69. The number of likely N-dealkylation sites (tertiary alicyclic amines) is 1. The van der Waals surface area contributed by atoms with Crippen LogP contribution in [0.1, 0.15) is 39.9 Å². The number of carboxylic acids is 1. The molecule has 1 saturated heterocycles. The first kappa shape index (κ1) is 27.1. The number of aromatic carboxylic acids is 1. The zero-order valence-corrected chi connectivity index (χ0v) is 20.6. The molecule has 3 aromatic carbocycles. The monoisotopic (exact) mass is 523 g/mol. The number of amides is 1. The predicted octanol–water partition coefficient (Wildman–Crippen LogP) is 5.76. The van der Waals surface area contributed by atoms with Gasteiger partial charge in [-0.05, 0) is 59.4 Å². The number of hydrogen-bond acceptors (Lipinski definition) is 3. The van der Waals surface area contributed by atoms with Gasteiger partial charge in [0.05, 0.1) is 23.3 Å². The van der Waals surface area contributed by atoms with Crippen LogP contribution in [0.15, 0.2) is 84.9 Å². The summed E-state index contributed by atoms with van der Waals surface area (Å²) in [7, 11) is 0. The Morgan fingerprint density at radius 1 is 1.00 bits per heavy atom. The van der Waals surface area contributed by atoms with Gasteiger partial charge in [-0.15, -0.1) is 0 Å². The predicted molar refractivity (Wildman–Crippen MR) is 138 cm³/mol. The van der Waals surface area contributed by atoms with Crippen LogP contribution >= 0.6 is 0 Å². The van der Waals surface area contributed by atoms with Gasteiger partial charge in [0.2, 0.25) is 5.91 Å². The number of hydrogen-bond donors (Lipinski definition) is 2. The van der Waals surface area contributed by atoms with Crippen molar-refractivity contribution in [1.82, 2.24) is 4.90 Å². The second-order valence-corrected chi connectivity index (χ2v) is 9.38. The molecule has 2 N–H and O–H groups in total. The summed E-state index contributed by atoms with van der Waals surface area (Å²) in [6, 6.07) is 18.8. The Hall–Kier alpha value is -3.91. The van der Waals surface area contributed by atoms with E-state index in [1.807, 2.05) is 24.3 Å². The van der Waals surface area contributed by atoms with Crippen molar-refractivity contribution in [2.24, 2.45) is 0 Å². The molecule has 0 bridgehead atoms. The van der Waals surface area contributed by atoms with E-state index in [-0.39, 0.29) is 17.5 Å². The molecule has 0 radical (unpaired) electrons. The van der Waals surface area contributed by atoms with Crippen LogP contribution in [0.4, 0.5) is 13.2 Å². The van der Waals surface area contributed by atoms with Gasteiger partial charge in [-0.1, -0.05) is 60.7 Å². The van der Waals surface area contributed by atoms with E-state index in [4.69, 9.17) is 5.11 Å². The maximum atomic E-state index is 12.8. The molecular weight excluding hydrogens is 495 g/mol. The van der Waals surface area contributed by atoms with Crippen molar-refractivity contribution in [1.29, 1.82) is 0 Å². The Morgan fingerprint density at radius 3 is 2.37 bits per heavy atom. The number of aliphatic hydroxyl groups is 1. The molecule has 38 heavy (non-hydrogen) atoms. The molecule has 8 heteroatoms. The van der Waals surface area contributed by atoms with E-state index in [0.717, 1.165) is 28.8 Å². The zero-order valence-electron chi connectivity index (χ0n) is 20.6. The number of aliphatic hydroxyl groups excluding tert-OH is 1. The van der Waals surface area contributed by atoms with Crippen molar-refractivity contribution < 1.29 is 33.0 Å². The van der Waals surface area contributed by atoms with Crippen LogP contribution in [-0.2, 0) is 23.8 Å². The second kappa shape index (κ2) is 11.6. The van der Waals surface area contributed by atoms with E-state index < -0.39 is 23.8 Å². The smallest absolute Gasteiger partial charge is 0.416 e. The van der Waals surface area contributed by atoms with Crippen LogP contribution in [0, 0.1) is 0 Å². The standard InChI is InChI=1S/C30H28F3NO4/c31-30(32,33)25-10-8-22(9-11-25)24-3-1-2-21(18-24)19-27(35)14-12-26-13-15-28(36)34(26)17-16-20-4-6-23(7-5-20)29(37)38/h1-12,14,18,26-27,35H,13,15-17,19H2,(H,37,38)/b14-12+/t26-,27+/m0/s1. The maximum Gasteiger partial charge on any atom is 0.416 e. The number of nitrogens with zero attached hydrogens (tertiary/aromatic N) is 1. The Morgan fingerprint density at radius 2 is 1.71 bits per heavy atom. The van der Waals surface area contributed by atoms with E-state index in [1.54, 1.807) is 41.3 Å². The first-order valence-corrected chi connectivity index (χ1v) is 12.3. The highest BCUT2D eigenvalue weighted by atomic mass is 19.4. The fourth-order valence-electron chi connectivity index (χ4n) is 4.61. The lowest BCUT2D eigenvalue weighted by Crippen LogP contribution is -2.33. The molecule has 5 nitrogen and oxygen atoms in total. The van der Waals surface area contributed by atoms with Crippen molar-refractivity contribution >= 4 is 11.9 Å². The first-order valence-electron chi connectivity index (χ1n) is 12.3. The average Bonchev–Trinajstić information content (AvgIpc) is 3.25. The Labute approximate surface area is 218 Å². The zero-order chi connectivity index (χ0) is 27.3. The molecule has 198 valence electrons. The highest BCUT2D eigenvalue weighted by Crippen LogP contribution is 2.31. The van der Waals surface area contributed by atoms with Crippen molar-refractivity contribution in [2.45, 2.75) is 44.0 Å². The molecule has 1 fully saturated rings. The minimum absolute atomic E-state index is 0.0422. The number of carbonyl (C=O) groups excluding carboxylic acids is 1. The van der Waals surface area contributed by atoms with Crippen molar-refractivity contribution in [3.05, 3.63) is 107 Å². The second-order valence-electron chi connectivity index (χ2n) is 9.38. The fraction of sp³-hybridized carbons (Fsp3) is 0.267. The average molecular weight is 524 g/mol. The lowest BCUT2D eigenvalue weighted by molar-refractivity contribution is -0.137.